The van der Waals surface area contributed by atoms with E-state index in [1.807, 2.05) is 29.5 Å². The Morgan fingerprint density at radius 2 is 1.81 bits per heavy atom. The average molecular weight is 978 g/mol. The molecule has 4 N–H and O–H groups in total. The lowest BCUT2D eigenvalue weighted by Crippen LogP contribution is -2.43. The van der Waals surface area contributed by atoms with Crippen molar-refractivity contribution in [1.29, 1.82) is 0 Å². The Labute approximate surface area is 287 Å². The number of nitrogens with zero attached hydrogens (tertiary/aromatic N) is 3. The monoisotopic (exact) mass is 977 g/mol. The first-order valence-electron chi connectivity index (χ1n) is 12.4. The van der Waals surface area contributed by atoms with Gasteiger partial charge in [-0.1, -0.05) is 13.3 Å². The van der Waals surface area contributed by atoms with Gasteiger partial charge in [-0.15, -0.1) is 0 Å². The molecule has 2 aromatic carbocycles. The Bertz CT molecular complexity index is 1790. The molecule has 16 heteroatoms. The summed E-state index contributed by atoms with van der Waals surface area (Å²) in [7, 11) is 1.21. The normalized spacial score (nSPS) is 12.0. The van der Waals surface area contributed by atoms with Gasteiger partial charge in [0.25, 0.3) is 5.56 Å². The molecule has 0 radical (unpaired) electrons. The Hall–Kier alpha value is -2.04. The number of hydrogen-bond acceptors (Lipinski definition) is 9. The van der Waals surface area contributed by atoms with E-state index < -0.39 is 29.4 Å². The van der Waals surface area contributed by atoms with Crippen LogP contribution >= 0.6 is 83.7 Å². The lowest BCUT2D eigenvalue weighted by molar-refractivity contribution is -0.138. The van der Waals surface area contributed by atoms with Crippen LogP contribution in [0.5, 0.6) is 17.2 Å². The van der Waals surface area contributed by atoms with Crippen molar-refractivity contribution in [2.75, 3.05) is 0 Å². The highest BCUT2D eigenvalue weighted by Crippen LogP contribution is 2.38. The molecule has 0 aliphatic carbocycles. The van der Waals surface area contributed by atoms with Crippen LogP contribution in [0.3, 0.4) is 0 Å². The van der Waals surface area contributed by atoms with E-state index in [2.05, 4.69) is 71.1 Å². The molecule has 4 aromatic rings. The van der Waals surface area contributed by atoms with Crippen LogP contribution in [-0.4, -0.2) is 42.3 Å². The number of nitrogens with one attached hydrogen (secondary N) is 1. The third-order valence-corrected chi connectivity index (χ3v) is 9.14. The van der Waals surface area contributed by atoms with E-state index in [0.29, 0.717) is 41.9 Å². The molecule has 222 valence electrons. The van der Waals surface area contributed by atoms with E-state index in [9.17, 15) is 24.3 Å². The molecule has 0 unspecified atom stereocenters. The molecule has 0 amide bonds. The molecule has 4 rings (SSSR count). The van der Waals surface area contributed by atoms with Gasteiger partial charge in [-0.2, -0.15) is 4.57 Å². The number of aromatic amines is 1. The number of phenols is 1. The van der Waals surface area contributed by atoms with Crippen LogP contribution in [0, 0.1) is 10.7 Å². The maximum atomic E-state index is 13.0. The van der Waals surface area contributed by atoms with Crippen LogP contribution in [0.1, 0.15) is 31.2 Å². The van der Waals surface area contributed by atoms with Gasteiger partial charge in [-0.3, -0.25) is 9.36 Å². The Balaban J connectivity index is 1.52. The van der Waals surface area contributed by atoms with Gasteiger partial charge in [-0.05, 0) is 126 Å². The van der Waals surface area contributed by atoms with Gasteiger partial charge >= 0.3 is 17.8 Å². The molecule has 2 aromatic heterocycles. The number of esters is 1. The Morgan fingerprint density at radius 1 is 1.14 bits per heavy atom. The van der Waals surface area contributed by atoms with Crippen LogP contribution in [0.4, 0.5) is 4.79 Å². The Kier molecular flexibility index (Phi) is 10.7. The van der Waals surface area contributed by atoms with Gasteiger partial charge in [0.1, 0.15) is 23.4 Å². The number of hydrogen-bond donors (Lipinski definition) is 3. The number of rotatable bonds is 8. The Morgan fingerprint density at radius 3 is 2.43 bits per heavy atom. The zero-order valence-corrected chi connectivity index (χ0v) is 30.1. The minimum Gasteiger partial charge on any atom is -0.506 e. The van der Waals surface area contributed by atoms with Crippen molar-refractivity contribution in [2.45, 2.75) is 38.6 Å². The minimum atomic E-state index is -1.31. The summed E-state index contributed by atoms with van der Waals surface area (Å²) in [5.74, 6) is 0.598. The number of H-pyrrole nitrogens is 1. The lowest BCUT2D eigenvalue weighted by Gasteiger charge is -2.15. The van der Waals surface area contributed by atoms with Gasteiger partial charge in [0.15, 0.2) is 16.9 Å². The van der Waals surface area contributed by atoms with Gasteiger partial charge in [0, 0.05) is 13.5 Å². The summed E-state index contributed by atoms with van der Waals surface area (Å²) >= 11 is 9.51. The maximum Gasteiger partial charge on any atom is 0.431 e. The van der Waals surface area contributed by atoms with Gasteiger partial charge in [0.2, 0.25) is 0 Å². The molecule has 0 aliphatic rings. The number of halogens is 4. The molecule has 1 atom stereocenters. The number of aromatic nitrogens is 4. The van der Waals surface area contributed by atoms with Crippen molar-refractivity contribution in [1.82, 2.24) is 19.1 Å². The molecule has 12 nitrogen and oxygen atoms in total. The quantitative estimate of drug-likeness (QED) is 0.126. The number of benzene rings is 2. The van der Waals surface area contributed by atoms with E-state index >= 15 is 0 Å². The molecule has 0 aliphatic heterocycles. The lowest BCUT2D eigenvalue weighted by atomic mass is 10.1. The van der Waals surface area contributed by atoms with Gasteiger partial charge < -0.3 is 25.3 Å². The highest BCUT2D eigenvalue weighted by Gasteiger charge is 2.26. The van der Waals surface area contributed by atoms with Crippen molar-refractivity contribution in [3.05, 3.63) is 71.7 Å². The average Bonchev–Trinajstić information content (AvgIpc) is 3.35. The van der Waals surface area contributed by atoms with E-state index in [4.69, 9.17) is 15.2 Å². The van der Waals surface area contributed by atoms with Gasteiger partial charge in [-0.25, -0.2) is 19.4 Å². The molecular weight excluding hydrogens is 955 g/mol. The fourth-order valence-corrected chi connectivity index (χ4v) is 7.46. The second-order valence-corrected chi connectivity index (χ2v) is 13.5. The van der Waals surface area contributed by atoms with Gasteiger partial charge in [0.05, 0.1) is 15.2 Å². The number of fused-ring (bicyclic) bond motifs is 1. The second kappa shape index (κ2) is 13.7. The first kappa shape index (κ1) is 32.9. The zero-order valence-electron chi connectivity index (χ0n) is 22.0. The second-order valence-electron chi connectivity index (χ2n) is 9.19. The van der Waals surface area contributed by atoms with Crippen LogP contribution < -0.4 is 21.7 Å². The molecule has 42 heavy (non-hydrogen) atoms. The summed E-state index contributed by atoms with van der Waals surface area (Å²) in [6, 6.07) is 5.69. The van der Waals surface area contributed by atoms with E-state index in [1.165, 1.54) is 7.05 Å². The number of carbonyl (C=O) groups is 2. The number of nitrogens with two attached hydrogens (primary N) is 1. The molecule has 0 saturated carbocycles. The van der Waals surface area contributed by atoms with Crippen molar-refractivity contribution in [3.63, 3.8) is 0 Å². The molecule has 0 bridgehead atoms. The van der Waals surface area contributed by atoms with Crippen LogP contribution in [0.25, 0.3) is 11.2 Å². The topological polar surface area (TPSA) is 172 Å². The third-order valence-electron chi connectivity index (χ3n) is 6.11. The SMILES string of the molecule is CCCCc1nc2c([nH]1)c(=O)n(C)c(=O)n2C(=O)OC(=O)[C@@H](N)Cc1cc(I)c(Oc2cc(Br)c(O)c(I)c2)c(I)c1. The predicted molar refractivity (Wildman–Crippen MR) is 183 cm³/mol. The van der Waals surface area contributed by atoms with Crippen LogP contribution in [0.2, 0.25) is 0 Å². The molecule has 0 fully saturated rings. The fourth-order valence-electron chi connectivity index (χ4n) is 3.94. The summed E-state index contributed by atoms with van der Waals surface area (Å²) in [5.41, 5.74) is 4.87. The third kappa shape index (κ3) is 7.02. The number of ether oxygens (including phenoxy) is 2. The smallest absolute Gasteiger partial charge is 0.431 e. The van der Waals surface area contributed by atoms with Crippen molar-refractivity contribution in [2.24, 2.45) is 12.8 Å². The summed E-state index contributed by atoms with van der Waals surface area (Å²) in [4.78, 5) is 58.3. The first-order chi connectivity index (χ1) is 19.8. The highest BCUT2D eigenvalue weighted by molar-refractivity contribution is 14.1. The number of phenolic OH excluding ortho intramolecular Hbond substituents is 1. The summed E-state index contributed by atoms with van der Waals surface area (Å²) < 4.78 is 14.9. The number of carbonyl (C=O) groups excluding carboxylic acids is 2. The van der Waals surface area contributed by atoms with E-state index in [-0.39, 0.29) is 23.3 Å². The first-order valence-corrected chi connectivity index (χ1v) is 16.4. The highest BCUT2D eigenvalue weighted by atomic mass is 127. The summed E-state index contributed by atoms with van der Waals surface area (Å²) in [6.45, 7) is 1.99. The largest absolute Gasteiger partial charge is 0.506 e. The van der Waals surface area contributed by atoms with Crippen molar-refractivity contribution in [3.8, 4) is 17.2 Å². The number of aryl methyl sites for hydroxylation is 1. The van der Waals surface area contributed by atoms with Crippen LogP contribution in [0.15, 0.2) is 38.3 Å². The van der Waals surface area contributed by atoms with E-state index in [1.54, 1.807) is 24.3 Å². The van der Waals surface area contributed by atoms with Crippen molar-refractivity contribution < 1.29 is 24.2 Å². The predicted octanol–water partition coefficient (Wildman–Crippen LogP) is 4.92. The number of aromatic hydroxyl groups is 1. The molecule has 2 heterocycles. The maximum absolute atomic E-state index is 13.0. The fraction of sp³-hybridized carbons (Fsp3) is 0.269. The molecular formula is C26H23BrI3N5O7. The number of imidazole rings is 1. The summed E-state index contributed by atoms with van der Waals surface area (Å²) in [6.07, 6.45) is 0.884. The number of unbranched alkanes of at least 4 members (excludes halogenated alkanes) is 1. The van der Waals surface area contributed by atoms with E-state index in [0.717, 1.165) is 24.5 Å². The zero-order chi connectivity index (χ0) is 30.9. The molecule has 0 spiro atoms. The van der Waals surface area contributed by atoms with Crippen molar-refractivity contribution >= 4 is 107 Å². The standard InChI is InChI=1S/C26H23BrI3N5O7/c1-3-4-5-18-32-19-22(33-18)35(25(39)34(2)23(19)37)26(40)42-24(38)17(31)8-11-6-15(29)21(16(30)7-11)41-12-9-13(27)20(36)14(28)10-12/h6-7,9-10,17,36H,3-5,8,31H2,1-2H3,(H,32,33)/t17-/m0/s1. The van der Waals surface area contributed by atoms with Crippen LogP contribution in [-0.2, 0) is 29.4 Å². The minimum absolute atomic E-state index is 0.0300. The summed E-state index contributed by atoms with van der Waals surface area (Å²) in [5, 5.41) is 9.98. The molecule has 0 saturated heterocycles.